The number of benzene rings is 2. The van der Waals surface area contributed by atoms with Crippen LogP contribution in [0, 0.1) is 23.5 Å². The lowest BCUT2D eigenvalue weighted by atomic mass is 10.1. The summed E-state index contributed by atoms with van der Waals surface area (Å²) in [6.45, 7) is 1.32. The Bertz CT molecular complexity index is 1370. The molecule has 1 aromatic heterocycles. The smallest absolute Gasteiger partial charge is 0.263 e. The second kappa shape index (κ2) is 9.53. The van der Waals surface area contributed by atoms with Gasteiger partial charge in [-0.2, -0.15) is 0 Å². The lowest BCUT2D eigenvalue weighted by molar-refractivity contribution is -0.114. The number of anilines is 2. The van der Waals surface area contributed by atoms with Crippen molar-refractivity contribution in [2.75, 3.05) is 10.0 Å². The second-order valence-corrected chi connectivity index (χ2v) is 8.82. The normalized spacial score (nSPS) is 10.8. The molecule has 164 valence electrons. The Morgan fingerprint density at radius 3 is 2.47 bits per heavy atom. The molecule has 0 atom stereocenters. The molecule has 0 aliphatic rings. The Morgan fingerprint density at radius 2 is 1.81 bits per heavy atom. The van der Waals surface area contributed by atoms with Gasteiger partial charge in [-0.1, -0.05) is 35.0 Å². The Balaban J connectivity index is 1.92. The van der Waals surface area contributed by atoms with Gasteiger partial charge in [0.15, 0.2) is 5.82 Å². The summed E-state index contributed by atoms with van der Waals surface area (Å²) in [6.07, 6.45) is 1.31. The third-order valence-corrected chi connectivity index (χ3v) is 6.00. The number of nitrogens with zero attached hydrogens (tertiary/aromatic N) is 1. The lowest BCUT2D eigenvalue weighted by Gasteiger charge is -2.11. The first-order valence-corrected chi connectivity index (χ1v) is 11.0. The Labute approximate surface area is 192 Å². The van der Waals surface area contributed by atoms with Gasteiger partial charge in [0.25, 0.3) is 10.0 Å². The van der Waals surface area contributed by atoms with E-state index in [4.69, 9.17) is 23.2 Å². The van der Waals surface area contributed by atoms with Gasteiger partial charge < -0.3 is 5.32 Å². The van der Waals surface area contributed by atoms with E-state index in [0.29, 0.717) is 5.56 Å². The minimum absolute atomic E-state index is 0.110. The van der Waals surface area contributed by atoms with Crippen molar-refractivity contribution >= 4 is 50.6 Å². The van der Waals surface area contributed by atoms with Crippen molar-refractivity contribution in [2.45, 2.75) is 11.8 Å². The molecular weight excluding hydrogens is 483 g/mol. The second-order valence-electron chi connectivity index (χ2n) is 6.33. The van der Waals surface area contributed by atoms with Crippen LogP contribution in [0.25, 0.3) is 0 Å². The highest BCUT2D eigenvalue weighted by Gasteiger charge is 2.22. The predicted octanol–water partition coefficient (Wildman–Crippen LogP) is 4.83. The van der Waals surface area contributed by atoms with Gasteiger partial charge >= 0.3 is 0 Å². The van der Waals surface area contributed by atoms with E-state index < -0.39 is 32.9 Å². The van der Waals surface area contributed by atoms with Crippen molar-refractivity contribution in [1.82, 2.24) is 4.98 Å². The molecule has 3 aromatic rings. The minimum Gasteiger partial charge on any atom is -0.311 e. The number of carbonyl (C=O) groups excluding carboxylic acids is 1. The first kappa shape index (κ1) is 23.5. The SMILES string of the molecule is CC(=O)Nc1ccc(C#Cc2c(F)ccc(NS(=O)(=O)c3cc(Cl)ccc3Cl)c2F)cn1. The fourth-order valence-electron chi connectivity index (χ4n) is 2.49. The molecular formula is C21H13Cl2F2N3O3S. The van der Waals surface area contributed by atoms with E-state index >= 15 is 0 Å². The average molecular weight is 496 g/mol. The number of carbonyl (C=O) groups is 1. The summed E-state index contributed by atoms with van der Waals surface area (Å²) in [5.41, 5.74) is -0.853. The highest BCUT2D eigenvalue weighted by molar-refractivity contribution is 7.92. The van der Waals surface area contributed by atoms with Gasteiger partial charge in [0.05, 0.1) is 16.3 Å². The zero-order valence-corrected chi connectivity index (χ0v) is 18.5. The van der Waals surface area contributed by atoms with Crippen molar-refractivity contribution in [1.29, 1.82) is 0 Å². The third kappa shape index (κ3) is 5.53. The van der Waals surface area contributed by atoms with E-state index in [-0.39, 0.29) is 26.7 Å². The number of sulfonamides is 1. The molecule has 3 rings (SSSR count). The maximum atomic E-state index is 14.9. The summed E-state index contributed by atoms with van der Waals surface area (Å²) in [4.78, 5) is 14.6. The number of amides is 1. The topological polar surface area (TPSA) is 88.2 Å². The quantitative estimate of drug-likeness (QED) is 0.507. The summed E-state index contributed by atoms with van der Waals surface area (Å²) in [5.74, 6) is 2.67. The van der Waals surface area contributed by atoms with E-state index in [2.05, 4.69) is 22.1 Å². The summed E-state index contributed by atoms with van der Waals surface area (Å²) < 4.78 is 56.3. The fraction of sp³-hybridized carbons (Fsp3) is 0.0476. The zero-order valence-electron chi connectivity index (χ0n) is 16.2. The maximum Gasteiger partial charge on any atom is 0.263 e. The molecule has 0 bridgehead atoms. The molecule has 1 amide bonds. The van der Waals surface area contributed by atoms with Gasteiger partial charge in [0, 0.05) is 23.7 Å². The molecule has 1 heterocycles. The van der Waals surface area contributed by atoms with Crippen molar-refractivity contribution in [3.05, 3.63) is 81.5 Å². The molecule has 0 saturated heterocycles. The highest BCUT2D eigenvalue weighted by atomic mass is 35.5. The standard InChI is InChI=1S/C21H13Cl2F2N3O3S/c1-12(29)27-20-9-3-13(11-26-20)2-5-15-17(24)7-8-18(21(15)25)28-32(30,31)19-10-14(22)4-6-16(19)23/h3-4,6-11,28H,1H3,(H,26,27,29). The van der Waals surface area contributed by atoms with E-state index in [1.54, 1.807) is 0 Å². The molecule has 2 N–H and O–H groups in total. The van der Waals surface area contributed by atoms with Crippen LogP contribution in [-0.4, -0.2) is 19.3 Å². The van der Waals surface area contributed by atoms with Crippen LogP contribution in [0.15, 0.2) is 53.6 Å². The van der Waals surface area contributed by atoms with Gasteiger partial charge in [-0.05, 0) is 42.5 Å². The monoisotopic (exact) mass is 495 g/mol. The molecule has 0 radical (unpaired) electrons. The maximum absolute atomic E-state index is 14.9. The van der Waals surface area contributed by atoms with Crippen LogP contribution in [0.1, 0.15) is 18.1 Å². The van der Waals surface area contributed by atoms with E-state index in [1.807, 2.05) is 4.72 Å². The van der Waals surface area contributed by atoms with Crippen molar-refractivity contribution < 1.29 is 22.0 Å². The zero-order chi connectivity index (χ0) is 23.5. The van der Waals surface area contributed by atoms with Crippen LogP contribution in [0.3, 0.4) is 0 Å². The van der Waals surface area contributed by atoms with Gasteiger partial charge in [-0.15, -0.1) is 0 Å². The molecule has 6 nitrogen and oxygen atoms in total. The van der Waals surface area contributed by atoms with Crippen molar-refractivity contribution in [3.8, 4) is 11.8 Å². The summed E-state index contributed by atoms with van der Waals surface area (Å²) in [7, 11) is -4.32. The number of nitrogens with one attached hydrogen (secondary N) is 2. The van der Waals surface area contributed by atoms with E-state index in [0.717, 1.165) is 18.2 Å². The first-order valence-electron chi connectivity index (χ1n) is 8.78. The largest absolute Gasteiger partial charge is 0.311 e. The number of rotatable bonds is 4. The molecule has 32 heavy (non-hydrogen) atoms. The number of hydrogen-bond acceptors (Lipinski definition) is 4. The lowest BCUT2D eigenvalue weighted by Crippen LogP contribution is -2.15. The third-order valence-electron chi connectivity index (χ3n) is 3.92. The van der Waals surface area contributed by atoms with Crippen LogP contribution in [0.4, 0.5) is 20.3 Å². The van der Waals surface area contributed by atoms with Crippen molar-refractivity contribution in [2.24, 2.45) is 0 Å². The highest BCUT2D eigenvalue weighted by Crippen LogP contribution is 2.28. The summed E-state index contributed by atoms with van der Waals surface area (Å²) >= 11 is 11.7. The minimum atomic E-state index is -4.32. The Hall–Kier alpha value is -3.19. The van der Waals surface area contributed by atoms with Gasteiger partial charge in [0.1, 0.15) is 16.5 Å². The molecule has 2 aromatic carbocycles. The molecule has 0 fully saturated rings. The number of aromatic nitrogens is 1. The van der Waals surface area contributed by atoms with Crippen LogP contribution in [-0.2, 0) is 14.8 Å². The van der Waals surface area contributed by atoms with Crippen molar-refractivity contribution in [3.63, 3.8) is 0 Å². The molecule has 0 aliphatic heterocycles. The Kier molecular flexibility index (Phi) is 6.99. The predicted molar refractivity (Wildman–Crippen MR) is 118 cm³/mol. The molecule has 0 saturated carbocycles. The van der Waals surface area contributed by atoms with Gasteiger partial charge in [-0.3, -0.25) is 9.52 Å². The molecule has 11 heteroatoms. The summed E-state index contributed by atoms with van der Waals surface area (Å²) in [5, 5.41) is 2.46. The first-order chi connectivity index (χ1) is 15.1. The summed E-state index contributed by atoms with van der Waals surface area (Å²) in [6, 6.07) is 8.55. The van der Waals surface area contributed by atoms with Crippen LogP contribution in [0.2, 0.25) is 10.0 Å². The average Bonchev–Trinajstić information content (AvgIpc) is 2.72. The van der Waals surface area contributed by atoms with E-state index in [1.165, 1.54) is 37.4 Å². The molecule has 0 spiro atoms. The Morgan fingerprint density at radius 1 is 1.06 bits per heavy atom. The van der Waals surface area contributed by atoms with Gasteiger partial charge in [-0.25, -0.2) is 22.2 Å². The van der Waals surface area contributed by atoms with Gasteiger partial charge in [0.2, 0.25) is 5.91 Å². The molecule has 0 unspecified atom stereocenters. The molecule has 0 aliphatic carbocycles. The number of halogens is 4. The number of pyridine rings is 1. The van der Waals surface area contributed by atoms with Crippen LogP contribution in [0.5, 0.6) is 0 Å². The van der Waals surface area contributed by atoms with Crippen LogP contribution >= 0.6 is 23.2 Å². The fourth-order valence-corrected chi connectivity index (χ4v) is 4.31. The van der Waals surface area contributed by atoms with Crippen LogP contribution < -0.4 is 10.0 Å². The van der Waals surface area contributed by atoms with E-state index in [9.17, 15) is 22.0 Å². The number of hydrogen-bond donors (Lipinski definition) is 2.